The number of hydrogen-bond acceptors (Lipinski definition) is 10. The molecule has 0 spiro atoms. The van der Waals surface area contributed by atoms with Gasteiger partial charge < -0.3 is 24.9 Å². The molecule has 4 aromatic rings. The Balaban J connectivity index is 1.32. The normalized spacial score (nSPS) is 17.4. The largest absolute Gasteiger partial charge is 0.402 e. The molecule has 0 radical (unpaired) electrons. The minimum absolute atomic E-state index is 0.0303. The van der Waals surface area contributed by atoms with E-state index in [1.807, 2.05) is 54.6 Å². The van der Waals surface area contributed by atoms with Crippen molar-refractivity contribution in [3.63, 3.8) is 0 Å². The zero-order valence-electron chi connectivity index (χ0n) is 21.2. The van der Waals surface area contributed by atoms with Gasteiger partial charge in [-0.2, -0.15) is 5.26 Å². The van der Waals surface area contributed by atoms with Crippen molar-refractivity contribution < 1.29 is 9.21 Å². The molecular weight excluding hydrogens is 494 g/mol. The number of fused-ring (bicyclic) bond motifs is 1. The van der Waals surface area contributed by atoms with Crippen LogP contribution in [-0.4, -0.2) is 71.1 Å². The molecule has 4 heterocycles. The number of aromatic nitrogens is 3. The van der Waals surface area contributed by atoms with Crippen LogP contribution in [0.4, 0.5) is 17.4 Å². The van der Waals surface area contributed by atoms with E-state index in [9.17, 15) is 10.1 Å². The van der Waals surface area contributed by atoms with Gasteiger partial charge in [-0.05, 0) is 19.2 Å². The molecule has 39 heavy (non-hydrogen) atoms. The molecule has 0 aliphatic carbocycles. The van der Waals surface area contributed by atoms with Crippen molar-refractivity contribution in [1.29, 1.82) is 5.26 Å². The molecular formula is C28H25N9O2. The number of hydrogen-bond donors (Lipinski definition) is 2. The maximum Gasteiger partial charge on any atom is 0.317 e. The van der Waals surface area contributed by atoms with Crippen LogP contribution in [0.2, 0.25) is 0 Å². The van der Waals surface area contributed by atoms with Crippen LogP contribution in [0, 0.1) is 11.3 Å². The second kappa shape index (κ2) is 10.4. The number of benzene rings is 2. The molecule has 2 aliphatic heterocycles. The smallest absolute Gasteiger partial charge is 0.317 e. The van der Waals surface area contributed by atoms with Crippen LogP contribution >= 0.6 is 0 Å². The number of anilines is 3. The van der Waals surface area contributed by atoms with Crippen molar-refractivity contribution >= 4 is 29.0 Å². The predicted molar refractivity (Wildman–Crippen MR) is 147 cm³/mol. The predicted octanol–water partition coefficient (Wildman–Crippen LogP) is 2.98. The van der Waals surface area contributed by atoms with Gasteiger partial charge in [0, 0.05) is 43.5 Å². The Kier molecular flexibility index (Phi) is 6.44. The lowest BCUT2D eigenvalue weighted by Gasteiger charge is -2.34. The van der Waals surface area contributed by atoms with E-state index in [0.717, 1.165) is 43.0 Å². The summed E-state index contributed by atoms with van der Waals surface area (Å²) in [6.07, 6.45) is 0.463. The molecule has 1 fully saturated rings. The summed E-state index contributed by atoms with van der Waals surface area (Å²) in [4.78, 5) is 26.8. The number of nitrogens with one attached hydrogen (secondary N) is 2. The van der Waals surface area contributed by atoms with Crippen molar-refractivity contribution in [2.45, 2.75) is 6.17 Å². The van der Waals surface area contributed by atoms with Gasteiger partial charge in [-0.25, -0.2) is 9.98 Å². The lowest BCUT2D eigenvalue weighted by Crippen LogP contribution is -2.44. The number of aliphatic imine (C=N–C) groups is 1. The Morgan fingerprint density at radius 1 is 1.05 bits per heavy atom. The monoisotopic (exact) mass is 519 g/mol. The van der Waals surface area contributed by atoms with Gasteiger partial charge in [0.05, 0.1) is 22.6 Å². The number of amides is 1. The number of likely N-dealkylation sites (N-methyl/N-ethyl adjacent to an activating group) is 1. The van der Waals surface area contributed by atoms with Crippen molar-refractivity contribution in [2.24, 2.45) is 4.99 Å². The summed E-state index contributed by atoms with van der Waals surface area (Å²) in [7, 11) is 2.08. The van der Waals surface area contributed by atoms with E-state index < -0.39 is 6.17 Å². The van der Waals surface area contributed by atoms with Gasteiger partial charge in [-0.15, -0.1) is 5.10 Å². The molecule has 6 rings (SSSR count). The summed E-state index contributed by atoms with van der Waals surface area (Å²) in [5.41, 5.74) is 4.69. The molecule has 11 nitrogen and oxygen atoms in total. The van der Waals surface area contributed by atoms with E-state index in [2.05, 4.69) is 48.7 Å². The number of carbonyl (C=O) groups is 1. The van der Waals surface area contributed by atoms with E-state index in [0.29, 0.717) is 22.7 Å². The summed E-state index contributed by atoms with van der Waals surface area (Å²) in [5, 5.41) is 23.7. The first-order valence-electron chi connectivity index (χ1n) is 12.6. The molecule has 2 aliphatic rings. The van der Waals surface area contributed by atoms with Crippen LogP contribution in [0.3, 0.4) is 0 Å². The molecule has 194 valence electrons. The molecule has 0 unspecified atom stereocenters. The summed E-state index contributed by atoms with van der Waals surface area (Å²) < 4.78 is 5.94. The molecule has 0 bridgehead atoms. The number of piperazine rings is 1. The Morgan fingerprint density at radius 3 is 2.62 bits per heavy atom. The average molecular weight is 520 g/mol. The fraction of sp³-hybridized carbons (Fsp3) is 0.214. The summed E-state index contributed by atoms with van der Waals surface area (Å²) in [6.45, 7) is 3.32. The Morgan fingerprint density at radius 2 is 1.82 bits per heavy atom. The van der Waals surface area contributed by atoms with E-state index in [1.165, 1.54) is 6.20 Å². The van der Waals surface area contributed by atoms with Crippen LogP contribution < -0.4 is 15.5 Å². The number of carbonyl (C=O) groups excluding carboxylic acids is 1. The zero-order valence-corrected chi connectivity index (χ0v) is 21.2. The molecule has 1 atom stereocenters. The fourth-order valence-electron chi connectivity index (χ4n) is 4.64. The third-order valence-corrected chi connectivity index (χ3v) is 6.72. The van der Waals surface area contributed by atoms with Gasteiger partial charge in [0.1, 0.15) is 6.07 Å². The first-order valence-corrected chi connectivity index (χ1v) is 12.6. The quantitative estimate of drug-likeness (QED) is 0.408. The SMILES string of the molecule is CN1CCN(c2cc(C#N)cnc2-c2nnc(N[C@H]3N=C(c4ccccc4)c4ccccc4NC3=O)o2)CC1. The highest BCUT2D eigenvalue weighted by atomic mass is 16.4. The van der Waals surface area contributed by atoms with Crippen molar-refractivity contribution in [2.75, 3.05) is 48.8 Å². The standard InChI is InChI=1S/C28H25N9O2/c1-36-11-13-37(14-12-36)22-15-18(16-29)17-30-24(22)27-34-35-28(39-27)33-25-26(38)31-21-10-6-5-9-20(21)23(32-25)19-7-3-2-4-8-19/h2-10,15,17,25H,11-14H2,1H3,(H,31,38)(H,33,35)/t25-/m1/s1. The van der Waals surface area contributed by atoms with Gasteiger partial charge in [0.2, 0.25) is 6.17 Å². The fourth-order valence-corrected chi connectivity index (χ4v) is 4.64. The Labute approximate surface area is 224 Å². The minimum Gasteiger partial charge on any atom is -0.402 e. The molecule has 2 aromatic carbocycles. The van der Waals surface area contributed by atoms with Gasteiger partial charge >= 0.3 is 6.01 Å². The maximum atomic E-state index is 13.2. The number of rotatable bonds is 5. The van der Waals surface area contributed by atoms with E-state index in [4.69, 9.17) is 9.41 Å². The molecule has 2 N–H and O–H groups in total. The summed E-state index contributed by atoms with van der Waals surface area (Å²) >= 11 is 0. The van der Waals surface area contributed by atoms with E-state index in [-0.39, 0.29) is 17.8 Å². The maximum absolute atomic E-state index is 13.2. The first kappa shape index (κ1) is 24.3. The zero-order chi connectivity index (χ0) is 26.8. The van der Waals surface area contributed by atoms with Gasteiger partial charge in [0.25, 0.3) is 11.8 Å². The van der Waals surface area contributed by atoms with Gasteiger partial charge in [0.15, 0.2) is 5.69 Å². The van der Waals surface area contributed by atoms with Crippen LogP contribution in [0.5, 0.6) is 0 Å². The second-order valence-electron chi connectivity index (χ2n) is 9.33. The topological polar surface area (TPSA) is 136 Å². The third kappa shape index (κ3) is 4.93. The average Bonchev–Trinajstić information content (AvgIpc) is 3.39. The van der Waals surface area contributed by atoms with E-state index in [1.54, 1.807) is 6.07 Å². The third-order valence-electron chi connectivity index (χ3n) is 6.72. The molecule has 1 amide bonds. The number of pyridine rings is 1. The second-order valence-corrected chi connectivity index (χ2v) is 9.33. The van der Waals surface area contributed by atoms with Crippen LogP contribution in [0.1, 0.15) is 16.7 Å². The summed E-state index contributed by atoms with van der Waals surface area (Å²) in [5.74, 6) is -0.178. The minimum atomic E-state index is -1.02. The van der Waals surface area contributed by atoms with E-state index >= 15 is 0 Å². The number of nitrogens with zero attached hydrogens (tertiary/aromatic N) is 7. The number of para-hydroxylation sites is 1. The highest BCUT2D eigenvalue weighted by molar-refractivity contribution is 6.19. The molecule has 11 heteroatoms. The lowest BCUT2D eigenvalue weighted by atomic mass is 10.0. The first-order chi connectivity index (χ1) is 19.1. The highest BCUT2D eigenvalue weighted by Gasteiger charge is 2.28. The van der Waals surface area contributed by atoms with Crippen LogP contribution in [-0.2, 0) is 4.79 Å². The van der Waals surface area contributed by atoms with Crippen molar-refractivity contribution in [3.8, 4) is 17.7 Å². The van der Waals surface area contributed by atoms with Crippen LogP contribution in [0.15, 0.2) is 76.3 Å². The molecule has 2 aromatic heterocycles. The van der Waals surface area contributed by atoms with Gasteiger partial charge in [-0.3, -0.25) is 4.79 Å². The molecule has 0 saturated carbocycles. The highest BCUT2D eigenvalue weighted by Crippen LogP contribution is 2.31. The lowest BCUT2D eigenvalue weighted by molar-refractivity contribution is -0.116. The number of benzodiazepines with no additional fused rings is 1. The Bertz CT molecular complexity index is 1580. The number of nitriles is 1. The van der Waals surface area contributed by atoms with Crippen molar-refractivity contribution in [3.05, 3.63) is 83.6 Å². The Hall–Kier alpha value is -5.08. The van der Waals surface area contributed by atoms with Crippen LogP contribution in [0.25, 0.3) is 11.6 Å². The molecule has 1 saturated heterocycles. The van der Waals surface area contributed by atoms with Gasteiger partial charge in [-0.1, -0.05) is 53.6 Å². The summed E-state index contributed by atoms with van der Waals surface area (Å²) in [6, 6.07) is 21.2. The van der Waals surface area contributed by atoms with Crippen molar-refractivity contribution in [1.82, 2.24) is 20.1 Å².